The van der Waals surface area contributed by atoms with Gasteiger partial charge in [-0.1, -0.05) is 6.07 Å². The van der Waals surface area contributed by atoms with Crippen LogP contribution in [0.4, 0.5) is 8.78 Å². The summed E-state index contributed by atoms with van der Waals surface area (Å²) in [6, 6.07) is 3.58. The highest BCUT2D eigenvalue weighted by molar-refractivity contribution is 5.23. The van der Waals surface area contributed by atoms with E-state index in [0.29, 0.717) is 12.0 Å². The van der Waals surface area contributed by atoms with Crippen LogP contribution < -0.4 is 5.32 Å². The lowest BCUT2D eigenvalue weighted by Crippen LogP contribution is -2.45. The van der Waals surface area contributed by atoms with E-state index in [1.165, 1.54) is 6.07 Å². The maximum absolute atomic E-state index is 13.2. The molecule has 0 aromatic heterocycles. The summed E-state index contributed by atoms with van der Waals surface area (Å²) in [5.74, 6) is -1.80. The first kappa shape index (κ1) is 14.4. The van der Waals surface area contributed by atoms with Crippen LogP contribution in [0.2, 0.25) is 0 Å². The molecule has 1 aromatic carbocycles. The zero-order chi connectivity index (χ0) is 13.9. The Morgan fingerprint density at radius 3 is 2.58 bits per heavy atom. The lowest BCUT2D eigenvalue weighted by Gasteiger charge is -2.31. The number of halogens is 2. The van der Waals surface area contributed by atoms with Crippen molar-refractivity contribution in [3.63, 3.8) is 0 Å². The summed E-state index contributed by atoms with van der Waals surface area (Å²) in [6.45, 7) is 6.19. The molecule has 1 heterocycles. The molecule has 5 heteroatoms. The van der Waals surface area contributed by atoms with E-state index < -0.39 is 17.2 Å². The van der Waals surface area contributed by atoms with E-state index in [2.05, 4.69) is 10.2 Å². The molecule has 0 bridgehead atoms. The van der Waals surface area contributed by atoms with Crippen molar-refractivity contribution in [3.8, 4) is 0 Å². The topological polar surface area (TPSA) is 35.5 Å². The molecule has 0 amide bonds. The highest BCUT2D eigenvalue weighted by atomic mass is 19.2. The summed E-state index contributed by atoms with van der Waals surface area (Å²) in [7, 11) is 0. The fourth-order valence-electron chi connectivity index (χ4n) is 2.29. The van der Waals surface area contributed by atoms with Crippen LogP contribution in [0.15, 0.2) is 18.2 Å². The Morgan fingerprint density at radius 1 is 1.26 bits per heavy atom. The Morgan fingerprint density at radius 2 is 1.95 bits per heavy atom. The SMILES string of the molecule is CC(O)(CCN1CCNCC1)c1ccc(F)c(F)c1. The van der Waals surface area contributed by atoms with Crippen molar-refractivity contribution >= 4 is 0 Å². The van der Waals surface area contributed by atoms with E-state index in [4.69, 9.17) is 0 Å². The lowest BCUT2D eigenvalue weighted by atomic mass is 9.92. The van der Waals surface area contributed by atoms with Crippen molar-refractivity contribution in [2.24, 2.45) is 0 Å². The number of hydrogen-bond donors (Lipinski definition) is 2. The van der Waals surface area contributed by atoms with Gasteiger partial charge in [-0.15, -0.1) is 0 Å². The predicted octanol–water partition coefficient (Wildman–Crippen LogP) is 1.47. The van der Waals surface area contributed by atoms with Gasteiger partial charge in [-0.2, -0.15) is 0 Å². The fraction of sp³-hybridized carbons (Fsp3) is 0.571. The molecule has 1 saturated heterocycles. The second-order valence-electron chi connectivity index (χ2n) is 5.24. The molecule has 106 valence electrons. The average Bonchev–Trinajstić information content (AvgIpc) is 2.41. The van der Waals surface area contributed by atoms with E-state index in [9.17, 15) is 13.9 Å². The molecule has 1 unspecified atom stereocenters. The van der Waals surface area contributed by atoms with Gasteiger partial charge in [-0.05, 0) is 31.0 Å². The molecule has 3 nitrogen and oxygen atoms in total. The Kier molecular flexibility index (Phi) is 4.50. The first-order valence-corrected chi connectivity index (χ1v) is 6.60. The number of nitrogens with one attached hydrogen (secondary N) is 1. The largest absolute Gasteiger partial charge is 0.385 e. The van der Waals surface area contributed by atoms with Crippen LogP contribution in [0.25, 0.3) is 0 Å². The van der Waals surface area contributed by atoms with E-state index in [-0.39, 0.29) is 0 Å². The molecule has 1 fully saturated rings. The molecule has 1 atom stereocenters. The molecule has 2 rings (SSSR count). The van der Waals surface area contributed by atoms with Gasteiger partial charge in [0.2, 0.25) is 0 Å². The average molecular weight is 270 g/mol. The van der Waals surface area contributed by atoms with Gasteiger partial charge >= 0.3 is 0 Å². The van der Waals surface area contributed by atoms with Crippen molar-refractivity contribution in [3.05, 3.63) is 35.4 Å². The Labute approximate surface area is 112 Å². The van der Waals surface area contributed by atoms with Crippen LogP contribution in [0.1, 0.15) is 18.9 Å². The second-order valence-corrected chi connectivity index (χ2v) is 5.24. The zero-order valence-corrected chi connectivity index (χ0v) is 11.1. The highest BCUT2D eigenvalue weighted by Gasteiger charge is 2.25. The van der Waals surface area contributed by atoms with Crippen LogP contribution in [0.5, 0.6) is 0 Å². The Bertz CT molecular complexity index is 431. The molecular formula is C14H20F2N2O. The third-order valence-electron chi connectivity index (χ3n) is 3.67. The van der Waals surface area contributed by atoms with Crippen molar-refractivity contribution in [2.45, 2.75) is 18.9 Å². The van der Waals surface area contributed by atoms with Crippen LogP contribution in [-0.2, 0) is 5.60 Å². The Balaban J connectivity index is 1.98. The minimum atomic E-state index is -1.14. The van der Waals surface area contributed by atoms with Crippen molar-refractivity contribution in [1.82, 2.24) is 10.2 Å². The molecule has 0 radical (unpaired) electrons. The number of nitrogens with zero attached hydrogens (tertiary/aromatic N) is 1. The number of aliphatic hydroxyl groups is 1. The second kappa shape index (κ2) is 5.94. The van der Waals surface area contributed by atoms with Crippen LogP contribution in [0.3, 0.4) is 0 Å². The van der Waals surface area contributed by atoms with Gasteiger partial charge in [0.05, 0.1) is 5.60 Å². The maximum atomic E-state index is 13.2. The van der Waals surface area contributed by atoms with Gasteiger partial charge in [-0.3, -0.25) is 0 Å². The maximum Gasteiger partial charge on any atom is 0.159 e. The number of hydrogen-bond acceptors (Lipinski definition) is 3. The third-order valence-corrected chi connectivity index (χ3v) is 3.67. The summed E-state index contributed by atoms with van der Waals surface area (Å²) >= 11 is 0. The number of rotatable bonds is 4. The summed E-state index contributed by atoms with van der Waals surface area (Å²) in [5.41, 5.74) is -0.721. The van der Waals surface area contributed by atoms with Gasteiger partial charge in [0.25, 0.3) is 0 Å². The summed E-state index contributed by atoms with van der Waals surface area (Å²) in [5, 5.41) is 13.7. The minimum absolute atomic E-state index is 0.418. The van der Waals surface area contributed by atoms with Gasteiger partial charge in [-0.25, -0.2) is 8.78 Å². The first-order valence-electron chi connectivity index (χ1n) is 6.60. The number of piperazine rings is 1. The third kappa shape index (κ3) is 3.72. The molecule has 0 aliphatic carbocycles. The first-order chi connectivity index (χ1) is 8.99. The van der Waals surface area contributed by atoms with E-state index >= 15 is 0 Å². The van der Waals surface area contributed by atoms with Crippen molar-refractivity contribution < 1.29 is 13.9 Å². The molecule has 0 saturated carbocycles. The van der Waals surface area contributed by atoms with Crippen molar-refractivity contribution in [2.75, 3.05) is 32.7 Å². The molecule has 1 aliphatic rings. The van der Waals surface area contributed by atoms with E-state index in [1.54, 1.807) is 6.92 Å². The van der Waals surface area contributed by atoms with Crippen LogP contribution in [-0.4, -0.2) is 42.7 Å². The zero-order valence-electron chi connectivity index (χ0n) is 11.1. The van der Waals surface area contributed by atoms with Gasteiger partial charge < -0.3 is 15.3 Å². The van der Waals surface area contributed by atoms with Gasteiger partial charge in [0.1, 0.15) is 0 Å². The molecule has 0 spiro atoms. The smallest absolute Gasteiger partial charge is 0.159 e. The number of benzene rings is 1. The summed E-state index contributed by atoms with van der Waals surface area (Å²) in [6.07, 6.45) is 0.498. The Hall–Kier alpha value is -1.04. The molecule has 19 heavy (non-hydrogen) atoms. The monoisotopic (exact) mass is 270 g/mol. The molecule has 1 aromatic rings. The molecular weight excluding hydrogens is 250 g/mol. The molecule has 1 aliphatic heterocycles. The highest BCUT2D eigenvalue weighted by Crippen LogP contribution is 2.26. The molecule has 2 N–H and O–H groups in total. The quantitative estimate of drug-likeness (QED) is 0.869. The fourth-order valence-corrected chi connectivity index (χ4v) is 2.29. The van der Waals surface area contributed by atoms with Crippen molar-refractivity contribution in [1.29, 1.82) is 0 Å². The van der Waals surface area contributed by atoms with E-state index in [0.717, 1.165) is 44.9 Å². The standard InChI is InChI=1S/C14H20F2N2O/c1-14(19,4-7-18-8-5-17-6-9-18)11-2-3-12(15)13(16)10-11/h2-3,10,17,19H,4-9H2,1H3. The minimum Gasteiger partial charge on any atom is -0.385 e. The lowest BCUT2D eigenvalue weighted by molar-refractivity contribution is 0.0341. The van der Waals surface area contributed by atoms with Crippen LogP contribution >= 0.6 is 0 Å². The summed E-state index contributed by atoms with van der Waals surface area (Å²) in [4.78, 5) is 2.25. The summed E-state index contributed by atoms with van der Waals surface area (Å²) < 4.78 is 26.1. The van der Waals surface area contributed by atoms with E-state index in [1.807, 2.05) is 0 Å². The predicted molar refractivity (Wildman–Crippen MR) is 69.9 cm³/mol. The van der Waals surface area contributed by atoms with Gasteiger partial charge in [0, 0.05) is 32.7 Å². The van der Waals surface area contributed by atoms with Gasteiger partial charge in [0.15, 0.2) is 11.6 Å². The van der Waals surface area contributed by atoms with Crippen LogP contribution in [0, 0.1) is 11.6 Å². The normalized spacial score (nSPS) is 20.2.